The van der Waals surface area contributed by atoms with Gasteiger partial charge in [0.05, 0.1) is 18.5 Å². The van der Waals surface area contributed by atoms with Gasteiger partial charge >= 0.3 is 5.97 Å². The Labute approximate surface area is 125 Å². The van der Waals surface area contributed by atoms with Gasteiger partial charge in [0.25, 0.3) is 0 Å². The average molecular weight is 314 g/mol. The maximum atomic E-state index is 12.4. The molecule has 0 fully saturated rings. The van der Waals surface area contributed by atoms with E-state index in [1.54, 1.807) is 45.0 Å². The third-order valence-electron chi connectivity index (χ3n) is 2.99. The first-order valence-electron chi connectivity index (χ1n) is 6.91. The van der Waals surface area contributed by atoms with E-state index in [0.717, 1.165) is 0 Å². The molecule has 0 bridgehead atoms. The molecule has 0 saturated heterocycles. The van der Waals surface area contributed by atoms with Crippen molar-refractivity contribution in [2.75, 3.05) is 0 Å². The number of sulfone groups is 1. The smallest absolute Gasteiger partial charge is 0.324 e. The molecule has 0 amide bonds. The summed E-state index contributed by atoms with van der Waals surface area (Å²) in [5, 5.41) is 7.82. The van der Waals surface area contributed by atoms with E-state index in [1.807, 2.05) is 0 Å². The Hall–Kier alpha value is -1.40. The van der Waals surface area contributed by atoms with Gasteiger partial charge in [-0.2, -0.15) is 0 Å². The second-order valence-corrected chi connectivity index (χ2v) is 7.35. The molecule has 0 aliphatic carbocycles. The second kappa shape index (κ2) is 7.56. The van der Waals surface area contributed by atoms with E-state index in [0.29, 0.717) is 11.1 Å². The molecule has 0 saturated carbocycles. The predicted octanol–water partition coefficient (Wildman–Crippen LogP) is 1.82. The molecule has 118 valence electrons. The van der Waals surface area contributed by atoms with Crippen LogP contribution in [0.25, 0.3) is 0 Å². The van der Waals surface area contributed by atoms with E-state index >= 15 is 0 Å². The van der Waals surface area contributed by atoms with Crippen molar-refractivity contribution in [1.82, 2.24) is 0 Å². The number of ether oxygens (including phenoxy) is 1. The highest BCUT2D eigenvalue weighted by Crippen LogP contribution is 2.17. The molecule has 1 unspecified atom stereocenters. The van der Waals surface area contributed by atoms with Crippen LogP contribution in [0.2, 0.25) is 0 Å². The van der Waals surface area contributed by atoms with Crippen LogP contribution < -0.4 is 0 Å². The highest BCUT2D eigenvalue weighted by atomic mass is 32.2. The van der Waals surface area contributed by atoms with Crippen LogP contribution in [0.4, 0.5) is 0 Å². The number of benzene rings is 1. The number of hydrogen-bond acceptors (Lipinski definition) is 5. The minimum atomic E-state index is -3.63. The first-order chi connectivity index (χ1) is 9.80. The highest BCUT2D eigenvalue weighted by Gasteiger charge is 2.32. The van der Waals surface area contributed by atoms with E-state index < -0.39 is 21.1 Å². The maximum Gasteiger partial charge on any atom is 0.324 e. The molecular weight excluding hydrogens is 292 g/mol. The number of rotatable bonds is 7. The largest absolute Gasteiger partial charge is 0.462 e. The lowest BCUT2D eigenvalue weighted by Gasteiger charge is -2.17. The molecule has 1 rings (SSSR count). The summed E-state index contributed by atoms with van der Waals surface area (Å²) in [4.78, 5) is 11.9. The summed E-state index contributed by atoms with van der Waals surface area (Å²) >= 11 is 0. The molecule has 1 atom stereocenters. The Morgan fingerprint density at radius 2 is 1.71 bits per heavy atom. The van der Waals surface area contributed by atoms with Crippen molar-refractivity contribution in [1.29, 1.82) is 0 Å². The molecule has 0 heterocycles. The van der Waals surface area contributed by atoms with Crippen molar-refractivity contribution in [3.8, 4) is 0 Å². The monoisotopic (exact) mass is 314 g/mol. The van der Waals surface area contributed by atoms with Gasteiger partial charge in [-0.05, 0) is 31.4 Å². The molecule has 0 radical (unpaired) electrons. The minimum absolute atomic E-state index is 0.0919. The Kier molecular flexibility index (Phi) is 6.36. The van der Waals surface area contributed by atoms with Crippen LogP contribution in [-0.4, -0.2) is 30.8 Å². The lowest BCUT2D eigenvalue weighted by Crippen LogP contribution is -2.33. The fourth-order valence-corrected chi connectivity index (χ4v) is 3.66. The Morgan fingerprint density at radius 3 is 2.14 bits per heavy atom. The van der Waals surface area contributed by atoms with E-state index in [2.05, 4.69) is 0 Å². The fourth-order valence-electron chi connectivity index (χ4n) is 1.95. The summed E-state index contributed by atoms with van der Waals surface area (Å²) in [6, 6.07) is 6.61. The van der Waals surface area contributed by atoms with Crippen molar-refractivity contribution >= 4 is 15.8 Å². The number of aliphatic hydroxyl groups excluding tert-OH is 1. The topological polar surface area (TPSA) is 80.7 Å². The number of esters is 1. The van der Waals surface area contributed by atoms with Crippen LogP contribution in [0.5, 0.6) is 0 Å². The molecular formula is C15H22O5S. The first kappa shape index (κ1) is 17.7. The van der Waals surface area contributed by atoms with E-state index in [-0.39, 0.29) is 24.9 Å². The zero-order valence-corrected chi connectivity index (χ0v) is 13.4. The van der Waals surface area contributed by atoms with Crippen LogP contribution in [-0.2, 0) is 31.7 Å². The summed E-state index contributed by atoms with van der Waals surface area (Å²) < 4.78 is 29.7. The van der Waals surface area contributed by atoms with Crippen molar-refractivity contribution in [3.63, 3.8) is 0 Å². The fraction of sp³-hybridized carbons (Fsp3) is 0.533. The van der Waals surface area contributed by atoms with E-state index in [9.17, 15) is 13.2 Å². The average Bonchev–Trinajstić information content (AvgIpc) is 2.38. The molecule has 1 aromatic carbocycles. The molecule has 6 heteroatoms. The van der Waals surface area contributed by atoms with Gasteiger partial charge in [-0.25, -0.2) is 8.42 Å². The van der Waals surface area contributed by atoms with Crippen LogP contribution >= 0.6 is 0 Å². The molecule has 1 aromatic rings. The summed E-state index contributed by atoms with van der Waals surface area (Å²) in [5.74, 6) is -0.913. The van der Waals surface area contributed by atoms with Crippen molar-refractivity contribution in [2.24, 2.45) is 0 Å². The van der Waals surface area contributed by atoms with Crippen molar-refractivity contribution in [2.45, 2.75) is 50.9 Å². The summed E-state index contributed by atoms with van der Waals surface area (Å²) in [7, 11) is -3.63. The SMILES string of the molecule is CCC(C(=O)OC(C)C)S(=O)(=O)Cc1ccc(CO)cc1. The quantitative estimate of drug-likeness (QED) is 0.777. The van der Waals surface area contributed by atoms with Gasteiger partial charge < -0.3 is 9.84 Å². The van der Waals surface area contributed by atoms with E-state index in [4.69, 9.17) is 9.84 Å². The first-order valence-corrected chi connectivity index (χ1v) is 8.62. The zero-order chi connectivity index (χ0) is 16.0. The van der Waals surface area contributed by atoms with Gasteiger partial charge in [-0.15, -0.1) is 0 Å². The number of aliphatic hydroxyl groups is 1. The lowest BCUT2D eigenvalue weighted by atomic mass is 10.2. The molecule has 0 aromatic heterocycles. The Balaban J connectivity index is 2.88. The minimum Gasteiger partial charge on any atom is -0.462 e. The van der Waals surface area contributed by atoms with Gasteiger partial charge in [0.1, 0.15) is 0 Å². The predicted molar refractivity (Wildman–Crippen MR) is 80.3 cm³/mol. The lowest BCUT2D eigenvalue weighted by molar-refractivity contribution is -0.146. The summed E-state index contributed by atoms with van der Waals surface area (Å²) in [6.45, 7) is 4.93. The van der Waals surface area contributed by atoms with Crippen LogP contribution in [0, 0.1) is 0 Å². The molecule has 1 N–H and O–H groups in total. The maximum absolute atomic E-state index is 12.4. The van der Waals surface area contributed by atoms with Crippen molar-refractivity contribution < 1.29 is 23.1 Å². The number of carbonyl (C=O) groups is 1. The molecule has 5 nitrogen and oxygen atoms in total. The Morgan fingerprint density at radius 1 is 1.19 bits per heavy atom. The standard InChI is InChI=1S/C15H22O5S/c1-4-14(15(17)20-11(2)3)21(18,19)10-13-7-5-12(9-16)6-8-13/h5-8,11,14,16H,4,9-10H2,1-3H3. The number of hydrogen-bond donors (Lipinski definition) is 1. The van der Waals surface area contributed by atoms with Gasteiger partial charge in [-0.1, -0.05) is 31.2 Å². The third kappa shape index (κ3) is 5.13. The highest BCUT2D eigenvalue weighted by molar-refractivity contribution is 7.92. The van der Waals surface area contributed by atoms with Crippen LogP contribution in [0.15, 0.2) is 24.3 Å². The summed E-state index contributed by atoms with van der Waals surface area (Å²) in [6.07, 6.45) is -0.159. The molecule has 21 heavy (non-hydrogen) atoms. The molecule has 0 aliphatic heterocycles. The van der Waals surface area contributed by atoms with Gasteiger partial charge in [0.15, 0.2) is 15.1 Å². The van der Waals surface area contributed by atoms with E-state index in [1.165, 1.54) is 0 Å². The molecule has 0 spiro atoms. The molecule has 0 aliphatic rings. The second-order valence-electron chi connectivity index (χ2n) is 5.16. The number of carbonyl (C=O) groups excluding carboxylic acids is 1. The normalized spacial score (nSPS) is 13.2. The van der Waals surface area contributed by atoms with Crippen LogP contribution in [0.3, 0.4) is 0 Å². The third-order valence-corrected chi connectivity index (χ3v) is 5.12. The Bertz CT molecular complexity index is 560. The van der Waals surface area contributed by atoms with Gasteiger partial charge in [0, 0.05) is 0 Å². The van der Waals surface area contributed by atoms with Crippen molar-refractivity contribution in [3.05, 3.63) is 35.4 Å². The zero-order valence-electron chi connectivity index (χ0n) is 12.6. The van der Waals surface area contributed by atoms with Gasteiger partial charge in [-0.3, -0.25) is 4.79 Å². The van der Waals surface area contributed by atoms with Crippen LogP contribution in [0.1, 0.15) is 38.3 Å². The summed E-state index contributed by atoms with van der Waals surface area (Å²) in [5.41, 5.74) is 1.30. The van der Waals surface area contributed by atoms with Gasteiger partial charge in [0.2, 0.25) is 0 Å².